The second-order valence-electron chi connectivity index (χ2n) is 7.01. The summed E-state index contributed by atoms with van der Waals surface area (Å²) in [4.78, 5) is 23.9. The van der Waals surface area contributed by atoms with Crippen LogP contribution in [0.15, 0.2) is 67.0 Å². The van der Waals surface area contributed by atoms with Crippen molar-refractivity contribution >= 4 is 23.3 Å². The Morgan fingerprint density at radius 1 is 0.966 bits per heavy atom. The number of aryl methyl sites for hydroxylation is 1. The first-order valence-electron chi connectivity index (χ1n) is 9.56. The largest absolute Gasteiger partial charge is 0.336 e. The highest BCUT2D eigenvalue weighted by molar-refractivity contribution is 5.92. The minimum absolute atomic E-state index is 0.0633. The molecule has 3 amide bonds. The molecule has 0 atom stereocenters. The monoisotopic (exact) mass is 391 g/mol. The maximum Gasteiger partial charge on any atom is 0.319 e. The van der Waals surface area contributed by atoms with Gasteiger partial charge >= 0.3 is 6.03 Å². The molecule has 0 radical (unpaired) electrons. The fourth-order valence-electron chi connectivity index (χ4n) is 2.76. The summed E-state index contributed by atoms with van der Waals surface area (Å²) in [6, 6.07) is 16.7. The molecule has 0 aliphatic rings. The molecule has 1 aromatic heterocycles. The molecule has 0 saturated carbocycles. The summed E-state index contributed by atoms with van der Waals surface area (Å²) < 4.78 is 1.80. The van der Waals surface area contributed by atoms with Gasteiger partial charge in [0.1, 0.15) is 0 Å². The van der Waals surface area contributed by atoms with Gasteiger partial charge in [-0.2, -0.15) is 5.10 Å². The number of anilines is 2. The number of benzene rings is 2. The Kier molecular flexibility index (Phi) is 6.63. The zero-order chi connectivity index (χ0) is 20.6. The SMILES string of the molecule is CC(C)NC(=O)Nc1ccc(NC(=O)CCc2cnn(-c3ccccc3)c2)cc1. The number of aromatic nitrogens is 2. The number of nitrogens with zero attached hydrogens (tertiary/aromatic N) is 2. The summed E-state index contributed by atoms with van der Waals surface area (Å²) in [6.45, 7) is 3.79. The molecule has 7 nitrogen and oxygen atoms in total. The van der Waals surface area contributed by atoms with Gasteiger partial charge in [0.05, 0.1) is 11.9 Å². The van der Waals surface area contributed by atoms with Crippen molar-refractivity contribution in [1.82, 2.24) is 15.1 Å². The standard InChI is InChI=1S/C22H25N5O2/c1-16(2)24-22(29)26-19-11-9-18(10-12-19)25-21(28)13-8-17-14-23-27(15-17)20-6-4-3-5-7-20/h3-7,9-12,14-16H,8,13H2,1-2H3,(H,25,28)(H2,24,26,29). The second-order valence-corrected chi connectivity index (χ2v) is 7.01. The van der Waals surface area contributed by atoms with E-state index < -0.39 is 0 Å². The van der Waals surface area contributed by atoms with Crippen molar-refractivity contribution in [2.75, 3.05) is 10.6 Å². The molecule has 0 aliphatic carbocycles. The molecular formula is C22H25N5O2. The molecule has 3 rings (SSSR count). The van der Waals surface area contributed by atoms with E-state index in [-0.39, 0.29) is 18.0 Å². The van der Waals surface area contributed by atoms with Crippen molar-refractivity contribution in [3.8, 4) is 5.69 Å². The molecule has 0 aliphatic heterocycles. The molecule has 3 N–H and O–H groups in total. The molecule has 2 aromatic carbocycles. The number of nitrogens with one attached hydrogen (secondary N) is 3. The zero-order valence-electron chi connectivity index (χ0n) is 16.6. The van der Waals surface area contributed by atoms with Crippen molar-refractivity contribution in [2.45, 2.75) is 32.7 Å². The van der Waals surface area contributed by atoms with Crippen LogP contribution in [0.25, 0.3) is 5.69 Å². The summed E-state index contributed by atoms with van der Waals surface area (Å²) in [5.74, 6) is -0.0734. The van der Waals surface area contributed by atoms with E-state index in [4.69, 9.17) is 0 Å². The van der Waals surface area contributed by atoms with Gasteiger partial charge in [0.15, 0.2) is 0 Å². The summed E-state index contributed by atoms with van der Waals surface area (Å²) >= 11 is 0. The molecule has 1 heterocycles. The first-order chi connectivity index (χ1) is 14.0. The predicted octanol–water partition coefficient (Wildman–Crippen LogP) is 3.97. The van der Waals surface area contributed by atoms with Crippen molar-refractivity contribution in [3.63, 3.8) is 0 Å². The van der Waals surface area contributed by atoms with Crippen molar-refractivity contribution in [3.05, 3.63) is 72.6 Å². The van der Waals surface area contributed by atoms with E-state index in [1.807, 2.05) is 50.4 Å². The lowest BCUT2D eigenvalue weighted by Crippen LogP contribution is -2.34. The lowest BCUT2D eigenvalue weighted by molar-refractivity contribution is -0.116. The second kappa shape index (κ2) is 9.54. The van der Waals surface area contributed by atoms with Crippen LogP contribution in [0.2, 0.25) is 0 Å². The third-order valence-corrected chi connectivity index (χ3v) is 4.14. The first-order valence-corrected chi connectivity index (χ1v) is 9.56. The van der Waals surface area contributed by atoms with Gasteiger partial charge in [-0.15, -0.1) is 0 Å². The normalized spacial score (nSPS) is 10.6. The van der Waals surface area contributed by atoms with E-state index in [9.17, 15) is 9.59 Å². The maximum atomic E-state index is 12.2. The van der Waals surface area contributed by atoms with Crippen molar-refractivity contribution < 1.29 is 9.59 Å². The van der Waals surface area contributed by atoms with Crippen LogP contribution in [0.4, 0.5) is 16.2 Å². The number of para-hydroxylation sites is 1. The summed E-state index contributed by atoms with van der Waals surface area (Å²) in [7, 11) is 0. The van der Waals surface area contributed by atoms with E-state index >= 15 is 0 Å². The molecule has 29 heavy (non-hydrogen) atoms. The number of hydrogen-bond donors (Lipinski definition) is 3. The number of urea groups is 1. The first kappa shape index (κ1) is 20.1. The van der Waals surface area contributed by atoms with Crippen LogP contribution in [-0.2, 0) is 11.2 Å². The molecule has 0 unspecified atom stereocenters. The third-order valence-electron chi connectivity index (χ3n) is 4.14. The van der Waals surface area contributed by atoms with Crippen LogP contribution in [0, 0.1) is 0 Å². The summed E-state index contributed by atoms with van der Waals surface area (Å²) in [6.07, 6.45) is 4.68. The van der Waals surface area contributed by atoms with Gasteiger partial charge in [0, 0.05) is 30.0 Å². The molecule has 0 saturated heterocycles. The number of carbonyl (C=O) groups is 2. The number of amides is 3. The van der Waals surface area contributed by atoms with Crippen molar-refractivity contribution in [2.24, 2.45) is 0 Å². The van der Waals surface area contributed by atoms with Crippen LogP contribution < -0.4 is 16.0 Å². The molecule has 0 spiro atoms. The van der Waals surface area contributed by atoms with Crippen LogP contribution >= 0.6 is 0 Å². The smallest absolute Gasteiger partial charge is 0.319 e. The minimum atomic E-state index is -0.257. The third kappa shape index (κ3) is 6.21. The molecular weight excluding hydrogens is 366 g/mol. The van der Waals surface area contributed by atoms with E-state index in [1.54, 1.807) is 35.1 Å². The predicted molar refractivity (Wildman–Crippen MR) is 114 cm³/mol. The molecule has 0 bridgehead atoms. The molecule has 0 fully saturated rings. The van der Waals surface area contributed by atoms with E-state index in [2.05, 4.69) is 21.0 Å². The van der Waals surface area contributed by atoms with Gasteiger partial charge in [0.2, 0.25) is 5.91 Å². The Labute approximate surface area is 170 Å². The summed E-state index contributed by atoms with van der Waals surface area (Å²) in [5.41, 5.74) is 3.33. The Morgan fingerprint density at radius 2 is 1.62 bits per heavy atom. The quantitative estimate of drug-likeness (QED) is 0.569. The van der Waals surface area contributed by atoms with E-state index in [1.165, 1.54) is 0 Å². The lowest BCUT2D eigenvalue weighted by Gasteiger charge is -2.11. The van der Waals surface area contributed by atoms with Gasteiger partial charge in [-0.1, -0.05) is 18.2 Å². The van der Waals surface area contributed by atoms with Gasteiger partial charge < -0.3 is 16.0 Å². The highest BCUT2D eigenvalue weighted by atomic mass is 16.2. The van der Waals surface area contributed by atoms with E-state index in [0.29, 0.717) is 24.2 Å². The Balaban J connectivity index is 1.47. The van der Waals surface area contributed by atoms with Gasteiger partial charge in [-0.25, -0.2) is 9.48 Å². The summed E-state index contributed by atoms with van der Waals surface area (Å²) in [5, 5.41) is 12.7. The lowest BCUT2D eigenvalue weighted by atomic mass is 10.2. The maximum absolute atomic E-state index is 12.2. The topological polar surface area (TPSA) is 88.1 Å². The average Bonchev–Trinajstić information content (AvgIpc) is 3.17. The Bertz CT molecular complexity index is 949. The highest BCUT2D eigenvalue weighted by Crippen LogP contribution is 2.15. The van der Waals surface area contributed by atoms with Gasteiger partial charge in [0.25, 0.3) is 0 Å². The number of hydrogen-bond acceptors (Lipinski definition) is 3. The van der Waals surface area contributed by atoms with Crippen LogP contribution in [0.1, 0.15) is 25.8 Å². The Hall–Kier alpha value is -3.61. The zero-order valence-corrected chi connectivity index (χ0v) is 16.6. The fraction of sp³-hybridized carbons (Fsp3) is 0.227. The minimum Gasteiger partial charge on any atom is -0.336 e. The van der Waals surface area contributed by atoms with Gasteiger partial charge in [-0.3, -0.25) is 4.79 Å². The van der Waals surface area contributed by atoms with Gasteiger partial charge in [-0.05, 0) is 62.2 Å². The van der Waals surface area contributed by atoms with Crippen LogP contribution in [0.3, 0.4) is 0 Å². The number of rotatable bonds is 7. The highest BCUT2D eigenvalue weighted by Gasteiger charge is 2.07. The van der Waals surface area contributed by atoms with Crippen LogP contribution in [-0.4, -0.2) is 27.8 Å². The average molecular weight is 391 g/mol. The van der Waals surface area contributed by atoms with E-state index in [0.717, 1.165) is 11.3 Å². The molecule has 7 heteroatoms. The Morgan fingerprint density at radius 3 is 2.28 bits per heavy atom. The van der Waals surface area contributed by atoms with Crippen molar-refractivity contribution in [1.29, 1.82) is 0 Å². The van der Waals surface area contributed by atoms with Crippen LogP contribution in [0.5, 0.6) is 0 Å². The fourth-order valence-corrected chi connectivity index (χ4v) is 2.76. The number of carbonyl (C=O) groups excluding carboxylic acids is 2. The molecule has 150 valence electrons. The molecule has 3 aromatic rings.